The topological polar surface area (TPSA) is 29.1 Å². The van der Waals surface area contributed by atoms with Crippen LogP contribution in [0.2, 0.25) is 0 Å². The van der Waals surface area contributed by atoms with Gasteiger partial charge in [-0.05, 0) is 6.26 Å². The first kappa shape index (κ1) is 7.09. The smallest absolute Gasteiger partial charge is 0.151 e. The van der Waals surface area contributed by atoms with Gasteiger partial charge in [-0.25, -0.2) is 0 Å². The van der Waals surface area contributed by atoms with Crippen LogP contribution < -0.4 is 5.32 Å². The molecule has 2 nitrogen and oxygen atoms in total. The number of Topliss-reactive ketones (excluding diaryl/α,β-unsaturated/α-hetero) is 1. The van der Waals surface area contributed by atoms with Gasteiger partial charge in [0.05, 0.1) is 6.54 Å². The predicted octanol–water partition coefficient (Wildman–Crippen LogP) is 0.138. The van der Waals surface area contributed by atoms with Gasteiger partial charge in [0.15, 0.2) is 5.78 Å². The second-order valence-corrected chi connectivity index (χ2v) is 3.16. The van der Waals surface area contributed by atoms with Crippen LogP contribution in [0.1, 0.15) is 0 Å². The van der Waals surface area contributed by atoms with Gasteiger partial charge in [-0.1, -0.05) is 0 Å². The molecule has 9 heavy (non-hydrogen) atoms. The Balaban J connectivity index is 2.31. The third-order valence-electron chi connectivity index (χ3n) is 1.51. The van der Waals surface area contributed by atoms with E-state index >= 15 is 0 Å². The van der Waals surface area contributed by atoms with E-state index in [4.69, 9.17) is 0 Å². The summed E-state index contributed by atoms with van der Waals surface area (Å²) in [5.74, 6) is 1.65. The first-order valence-corrected chi connectivity index (χ1v) is 4.46. The maximum absolute atomic E-state index is 10.9. The van der Waals surface area contributed by atoms with Crippen molar-refractivity contribution in [2.24, 2.45) is 5.92 Å². The Morgan fingerprint density at radius 1 is 1.89 bits per heavy atom. The van der Waals surface area contributed by atoms with Crippen molar-refractivity contribution in [3.05, 3.63) is 0 Å². The highest BCUT2D eigenvalue weighted by atomic mass is 32.2. The van der Waals surface area contributed by atoms with Crippen LogP contribution in [0, 0.1) is 5.92 Å². The molecule has 1 saturated heterocycles. The SMILES string of the molecule is CSCC1CNCC1=O. The van der Waals surface area contributed by atoms with Crippen molar-refractivity contribution in [2.45, 2.75) is 0 Å². The van der Waals surface area contributed by atoms with E-state index in [0.29, 0.717) is 18.2 Å². The Morgan fingerprint density at radius 3 is 3.11 bits per heavy atom. The molecule has 0 amide bonds. The molecule has 0 aromatic heterocycles. The van der Waals surface area contributed by atoms with E-state index in [1.54, 1.807) is 11.8 Å². The van der Waals surface area contributed by atoms with Crippen LogP contribution in [0.3, 0.4) is 0 Å². The van der Waals surface area contributed by atoms with Gasteiger partial charge in [-0.3, -0.25) is 4.79 Å². The second kappa shape index (κ2) is 3.22. The van der Waals surface area contributed by atoms with Gasteiger partial charge < -0.3 is 5.32 Å². The number of carbonyl (C=O) groups excluding carboxylic acids is 1. The Labute approximate surface area is 59.4 Å². The third kappa shape index (κ3) is 1.69. The monoisotopic (exact) mass is 145 g/mol. The minimum atomic E-state index is 0.292. The summed E-state index contributed by atoms with van der Waals surface area (Å²) in [5.41, 5.74) is 0. The number of hydrogen-bond donors (Lipinski definition) is 1. The molecule has 1 heterocycles. The fraction of sp³-hybridized carbons (Fsp3) is 0.833. The Hall–Kier alpha value is -0.0200. The lowest BCUT2D eigenvalue weighted by Gasteiger charge is -2.01. The molecule has 1 rings (SSSR count). The van der Waals surface area contributed by atoms with E-state index in [0.717, 1.165) is 12.3 Å². The van der Waals surface area contributed by atoms with E-state index in [-0.39, 0.29) is 0 Å². The van der Waals surface area contributed by atoms with E-state index in [1.165, 1.54) is 0 Å². The quantitative estimate of drug-likeness (QED) is 0.599. The maximum Gasteiger partial charge on any atom is 0.151 e. The van der Waals surface area contributed by atoms with Crippen molar-refractivity contribution in [1.29, 1.82) is 0 Å². The summed E-state index contributed by atoms with van der Waals surface area (Å²) in [5, 5.41) is 3.04. The van der Waals surface area contributed by atoms with Crippen molar-refractivity contribution >= 4 is 17.5 Å². The summed E-state index contributed by atoms with van der Waals surface area (Å²) >= 11 is 1.74. The summed E-state index contributed by atoms with van der Waals surface area (Å²) in [6, 6.07) is 0. The highest BCUT2D eigenvalue weighted by Crippen LogP contribution is 2.08. The first-order valence-electron chi connectivity index (χ1n) is 3.07. The highest BCUT2D eigenvalue weighted by Gasteiger charge is 2.22. The minimum absolute atomic E-state index is 0.292. The molecule has 1 aliphatic heterocycles. The van der Waals surface area contributed by atoms with Crippen LogP contribution in [0.5, 0.6) is 0 Å². The molecule has 52 valence electrons. The van der Waals surface area contributed by atoms with Crippen LogP contribution in [0.25, 0.3) is 0 Å². The molecular formula is C6H11NOS. The van der Waals surface area contributed by atoms with Crippen molar-refractivity contribution in [3.63, 3.8) is 0 Å². The molecule has 0 aromatic rings. The van der Waals surface area contributed by atoms with E-state index in [2.05, 4.69) is 5.32 Å². The van der Waals surface area contributed by atoms with Gasteiger partial charge >= 0.3 is 0 Å². The van der Waals surface area contributed by atoms with Crippen LogP contribution in [-0.2, 0) is 4.79 Å². The van der Waals surface area contributed by atoms with Crippen molar-refractivity contribution in [1.82, 2.24) is 5.32 Å². The van der Waals surface area contributed by atoms with Crippen LogP contribution in [0.15, 0.2) is 0 Å². The van der Waals surface area contributed by atoms with Gasteiger partial charge in [-0.15, -0.1) is 0 Å². The van der Waals surface area contributed by atoms with Crippen LogP contribution in [-0.4, -0.2) is 30.9 Å². The van der Waals surface area contributed by atoms with E-state index < -0.39 is 0 Å². The lowest BCUT2D eigenvalue weighted by molar-refractivity contribution is -0.118. The Kier molecular flexibility index (Phi) is 2.54. The predicted molar refractivity (Wildman–Crippen MR) is 39.7 cm³/mol. The van der Waals surface area contributed by atoms with Crippen molar-refractivity contribution < 1.29 is 4.79 Å². The van der Waals surface area contributed by atoms with E-state index in [9.17, 15) is 4.79 Å². The molecule has 0 spiro atoms. The van der Waals surface area contributed by atoms with E-state index in [1.807, 2.05) is 6.26 Å². The molecule has 1 fully saturated rings. The summed E-state index contributed by atoms with van der Waals surface area (Å²) in [4.78, 5) is 10.9. The molecular weight excluding hydrogens is 134 g/mol. The Bertz CT molecular complexity index is 116. The van der Waals surface area contributed by atoms with Crippen LogP contribution in [0.4, 0.5) is 0 Å². The molecule has 1 unspecified atom stereocenters. The normalized spacial score (nSPS) is 27.2. The number of rotatable bonds is 2. The van der Waals surface area contributed by atoms with Crippen molar-refractivity contribution in [2.75, 3.05) is 25.1 Å². The maximum atomic E-state index is 10.9. The largest absolute Gasteiger partial charge is 0.309 e. The zero-order chi connectivity index (χ0) is 6.69. The molecule has 0 saturated carbocycles. The second-order valence-electron chi connectivity index (χ2n) is 2.25. The molecule has 0 aliphatic carbocycles. The lowest BCUT2D eigenvalue weighted by atomic mass is 10.1. The van der Waals surface area contributed by atoms with Crippen LogP contribution >= 0.6 is 11.8 Å². The number of thioether (sulfide) groups is 1. The highest BCUT2D eigenvalue weighted by molar-refractivity contribution is 7.98. The number of hydrogen-bond acceptors (Lipinski definition) is 3. The third-order valence-corrected chi connectivity index (χ3v) is 2.25. The zero-order valence-corrected chi connectivity index (χ0v) is 6.33. The fourth-order valence-corrected chi connectivity index (χ4v) is 1.69. The minimum Gasteiger partial charge on any atom is -0.309 e. The molecule has 0 aromatic carbocycles. The first-order chi connectivity index (χ1) is 4.34. The summed E-state index contributed by atoms with van der Waals surface area (Å²) in [6.45, 7) is 1.48. The molecule has 1 N–H and O–H groups in total. The summed E-state index contributed by atoms with van der Waals surface area (Å²) in [7, 11) is 0. The molecule has 0 bridgehead atoms. The standard InChI is InChI=1S/C6H11NOS/c1-9-4-5-2-7-3-6(5)8/h5,7H,2-4H2,1H3. The lowest BCUT2D eigenvalue weighted by Crippen LogP contribution is -2.13. The zero-order valence-electron chi connectivity index (χ0n) is 5.52. The van der Waals surface area contributed by atoms with Crippen molar-refractivity contribution in [3.8, 4) is 0 Å². The molecule has 3 heteroatoms. The molecule has 0 radical (unpaired) electrons. The average Bonchev–Trinajstić information content (AvgIpc) is 2.18. The number of carbonyl (C=O) groups is 1. The van der Waals surface area contributed by atoms with Gasteiger partial charge in [0, 0.05) is 18.2 Å². The summed E-state index contributed by atoms with van der Waals surface area (Å²) in [6.07, 6.45) is 2.03. The number of ketones is 1. The molecule has 1 atom stereocenters. The molecule has 1 aliphatic rings. The van der Waals surface area contributed by atoms with Gasteiger partial charge in [0.25, 0.3) is 0 Å². The fourth-order valence-electron chi connectivity index (χ4n) is 0.981. The Morgan fingerprint density at radius 2 is 2.67 bits per heavy atom. The number of nitrogens with one attached hydrogen (secondary N) is 1. The van der Waals surface area contributed by atoms with Gasteiger partial charge in [-0.2, -0.15) is 11.8 Å². The average molecular weight is 145 g/mol. The van der Waals surface area contributed by atoms with Gasteiger partial charge in [0.1, 0.15) is 0 Å². The van der Waals surface area contributed by atoms with Gasteiger partial charge in [0.2, 0.25) is 0 Å². The summed E-state index contributed by atoms with van der Waals surface area (Å²) < 4.78 is 0.